The van der Waals surface area contributed by atoms with E-state index < -0.39 is 0 Å². The first-order valence-corrected chi connectivity index (χ1v) is 2.83. The second-order valence-corrected chi connectivity index (χ2v) is 1.97. The maximum Gasteiger partial charge on any atom is 0.151 e. The molecule has 1 aromatic carbocycles. The molecule has 0 aliphatic heterocycles. The number of carbonyl (C=O) groups is 1. The van der Waals surface area contributed by atoms with Crippen LogP contribution in [-0.4, -0.2) is 6.29 Å². The summed E-state index contributed by atoms with van der Waals surface area (Å²) in [4.78, 5) is 10.1. The molecule has 0 aromatic heterocycles. The van der Waals surface area contributed by atoms with Crippen molar-refractivity contribution in [2.24, 2.45) is 0 Å². The van der Waals surface area contributed by atoms with Gasteiger partial charge in [0.1, 0.15) is 0 Å². The molecule has 0 saturated carbocycles. The molecule has 0 spiro atoms. The van der Waals surface area contributed by atoms with Gasteiger partial charge in [-0.2, -0.15) is 0 Å². The van der Waals surface area contributed by atoms with Gasteiger partial charge in [-0.05, 0) is 18.2 Å². The maximum absolute atomic E-state index is 10.1. The van der Waals surface area contributed by atoms with E-state index in [-0.39, 0.29) is 0 Å². The average molecular weight is 140 g/mol. The van der Waals surface area contributed by atoms with Gasteiger partial charge in [-0.3, -0.25) is 4.79 Å². The van der Waals surface area contributed by atoms with Crippen LogP contribution in [0.5, 0.6) is 0 Å². The van der Waals surface area contributed by atoms with Crippen LogP contribution in [-0.2, 0) is 0 Å². The lowest BCUT2D eigenvalue weighted by Crippen LogP contribution is -1.78. The van der Waals surface area contributed by atoms with Crippen LogP contribution in [0, 0.1) is 6.07 Å². The van der Waals surface area contributed by atoms with Gasteiger partial charge < -0.3 is 0 Å². The Morgan fingerprint density at radius 2 is 2.44 bits per heavy atom. The summed E-state index contributed by atoms with van der Waals surface area (Å²) < 4.78 is 0. The van der Waals surface area contributed by atoms with E-state index in [4.69, 9.17) is 11.6 Å². The zero-order chi connectivity index (χ0) is 6.69. The van der Waals surface area contributed by atoms with Gasteiger partial charge in [-0.1, -0.05) is 17.7 Å². The van der Waals surface area contributed by atoms with Crippen LogP contribution in [0.1, 0.15) is 10.4 Å². The predicted molar refractivity (Wildman–Crippen MR) is 35.7 cm³/mol. The molecule has 0 saturated heterocycles. The fraction of sp³-hybridized carbons (Fsp3) is 0. The lowest BCUT2D eigenvalue weighted by molar-refractivity contribution is 0.112. The zero-order valence-corrected chi connectivity index (χ0v) is 5.35. The van der Waals surface area contributed by atoms with Gasteiger partial charge in [-0.15, -0.1) is 0 Å². The molecule has 2 heteroatoms. The summed E-state index contributed by atoms with van der Waals surface area (Å²) in [7, 11) is 0. The second-order valence-electron chi connectivity index (χ2n) is 1.57. The molecule has 1 nitrogen and oxygen atoms in total. The van der Waals surface area contributed by atoms with Crippen molar-refractivity contribution in [1.29, 1.82) is 0 Å². The van der Waals surface area contributed by atoms with Gasteiger partial charge in [-0.25, -0.2) is 0 Å². The molecule has 1 radical (unpaired) electrons. The van der Waals surface area contributed by atoms with Crippen LogP contribution >= 0.6 is 11.6 Å². The highest BCUT2D eigenvalue weighted by molar-refractivity contribution is 6.32. The van der Waals surface area contributed by atoms with E-state index in [2.05, 4.69) is 6.07 Å². The van der Waals surface area contributed by atoms with Gasteiger partial charge in [0.2, 0.25) is 0 Å². The van der Waals surface area contributed by atoms with E-state index in [1.54, 1.807) is 18.2 Å². The third kappa shape index (κ3) is 1.30. The molecule has 0 atom stereocenters. The van der Waals surface area contributed by atoms with Crippen LogP contribution in [0.4, 0.5) is 0 Å². The number of carbonyl (C=O) groups excluding carboxylic acids is 1. The fourth-order valence-corrected chi connectivity index (χ4v) is 0.688. The van der Waals surface area contributed by atoms with Crippen LogP contribution in [0.2, 0.25) is 5.02 Å². The average Bonchev–Trinajstić information content (AvgIpc) is 1.89. The molecule has 0 bridgehead atoms. The zero-order valence-electron chi connectivity index (χ0n) is 4.60. The smallest absolute Gasteiger partial charge is 0.151 e. The summed E-state index contributed by atoms with van der Waals surface area (Å²) in [5, 5.41) is 0.451. The Hall–Kier alpha value is -0.820. The summed E-state index contributed by atoms with van der Waals surface area (Å²) in [6.45, 7) is 0. The Bertz CT molecular complexity index is 220. The van der Waals surface area contributed by atoms with E-state index in [1.165, 1.54) is 0 Å². The number of benzene rings is 1. The van der Waals surface area contributed by atoms with Gasteiger partial charge in [0.15, 0.2) is 6.29 Å². The first-order valence-electron chi connectivity index (χ1n) is 2.45. The van der Waals surface area contributed by atoms with Crippen LogP contribution in [0.3, 0.4) is 0 Å². The summed E-state index contributed by atoms with van der Waals surface area (Å²) in [6.07, 6.45) is 0.718. The number of halogens is 1. The van der Waals surface area contributed by atoms with E-state index in [0.717, 1.165) is 6.29 Å². The third-order valence-electron chi connectivity index (χ3n) is 0.972. The molecule has 0 unspecified atom stereocenters. The van der Waals surface area contributed by atoms with Crippen molar-refractivity contribution in [3.63, 3.8) is 0 Å². The topological polar surface area (TPSA) is 17.1 Å². The molecule has 1 aromatic rings. The quantitative estimate of drug-likeness (QED) is 0.544. The van der Waals surface area contributed by atoms with E-state index >= 15 is 0 Å². The predicted octanol–water partition coefficient (Wildman–Crippen LogP) is 1.95. The molecular formula is C7H4ClO. The molecule has 0 fully saturated rings. The largest absolute Gasteiger partial charge is 0.298 e. The lowest BCUT2D eigenvalue weighted by atomic mass is 10.2. The summed E-state index contributed by atoms with van der Waals surface area (Å²) in [5.74, 6) is 0. The molecule has 45 valence electrons. The monoisotopic (exact) mass is 139 g/mol. The molecule has 0 aliphatic carbocycles. The molecule has 0 N–H and O–H groups in total. The Morgan fingerprint density at radius 1 is 1.67 bits per heavy atom. The van der Waals surface area contributed by atoms with Crippen molar-refractivity contribution in [3.05, 3.63) is 34.9 Å². The van der Waals surface area contributed by atoms with Crippen molar-refractivity contribution in [1.82, 2.24) is 0 Å². The van der Waals surface area contributed by atoms with Crippen molar-refractivity contribution in [3.8, 4) is 0 Å². The summed E-state index contributed by atoms with van der Waals surface area (Å²) in [6, 6.07) is 7.57. The Labute approximate surface area is 58.3 Å². The van der Waals surface area contributed by atoms with Crippen LogP contribution in [0.15, 0.2) is 18.2 Å². The number of hydrogen-bond donors (Lipinski definition) is 0. The van der Waals surface area contributed by atoms with Crippen molar-refractivity contribution < 1.29 is 4.79 Å². The van der Waals surface area contributed by atoms with E-state index in [0.29, 0.717) is 10.6 Å². The molecule has 1 rings (SSSR count). The number of aldehydes is 1. The maximum atomic E-state index is 10.1. The number of hydrogen-bond acceptors (Lipinski definition) is 1. The first-order chi connectivity index (χ1) is 4.34. The lowest BCUT2D eigenvalue weighted by Gasteiger charge is -1.89. The van der Waals surface area contributed by atoms with Gasteiger partial charge >= 0.3 is 0 Å². The van der Waals surface area contributed by atoms with E-state index in [9.17, 15) is 4.79 Å². The molecule has 0 amide bonds. The highest BCUT2D eigenvalue weighted by atomic mass is 35.5. The molecule has 0 aliphatic rings. The van der Waals surface area contributed by atoms with Crippen LogP contribution < -0.4 is 0 Å². The minimum atomic E-state index is 0.451. The summed E-state index contributed by atoms with van der Waals surface area (Å²) in [5.41, 5.74) is 0.510. The Morgan fingerprint density at radius 3 is 2.89 bits per heavy atom. The Kier molecular flexibility index (Phi) is 1.85. The standard InChI is InChI=1S/C7H4ClO/c8-7-4-2-1-3-6(7)5-9/h1,3-5H. The third-order valence-corrected chi connectivity index (χ3v) is 1.30. The minimum Gasteiger partial charge on any atom is -0.298 e. The molecular weight excluding hydrogens is 136 g/mol. The minimum absolute atomic E-state index is 0.451. The highest BCUT2D eigenvalue weighted by Crippen LogP contribution is 2.10. The fourth-order valence-electron chi connectivity index (χ4n) is 0.518. The van der Waals surface area contributed by atoms with Crippen molar-refractivity contribution in [2.45, 2.75) is 0 Å². The van der Waals surface area contributed by atoms with Crippen LogP contribution in [0.25, 0.3) is 0 Å². The Balaban J connectivity index is 3.15. The SMILES string of the molecule is O=Cc1cc[c]cc1Cl. The van der Waals surface area contributed by atoms with Gasteiger partial charge in [0.25, 0.3) is 0 Å². The number of rotatable bonds is 1. The van der Waals surface area contributed by atoms with E-state index in [1.807, 2.05) is 0 Å². The highest BCUT2D eigenvalue weighted by Gasteiger charge is 1.92. The first kappa shape index (κ1) is 6.30. The molecule has 9 heavy (non-hydrogen) atoms. The van der Waals surface area contributed by atoms with Crippen molar-refractivity contribution in [2.75, 3.05) is 0 Å². The van der Waals surface area contributed by atoms with Gasteiger partial charge in [0, 0.05) is 5.56 Å². The van der Waals surface area contributed by atoms with Gasteiger partial charge in [0.05, 0.1) is 5.02 Å². The summed E-state index contributed by atoms with van der Waals surface area (Å²) >= 11 is 5.56. The molecule has 0 heterocycles. The normalized spacial score (nSPS) is 9.00. The van der Waals surface area contributed by atoms with Crippen molar-refractivity contribution >= 4 is 17.9 Å². The second kappa shape index (κ2) is 2.65.